The van der Waals surface area contributed by atoms with Crippen molar-refractivity contribution in [3.63, 3.8) is 0 Å². The van der Waals surface area contributed by atoms with Gasteiger partial charge in [0.1, 0.15) is 0 Å². The van der Waals surface area contributed by atoms with Crippen LogP contribution in [0.4, 0.5) is 0 Å². The van der Waals surface area contributed by atoms with E-state index in [9.17, 15) is 0 Å². The molecule has 1 aliphatic carbocycles. The summed E-state index contributed by atoms with van der Waals surface area (Å²) < 4.78 is 7.93. The molecule has 2 aliphatic rings. The monoisotopic (exact) mass is 297 g/mol. The average Bonchev–Trinajstić information content (AvgIpc) is 2.83. The average molecular weight is 298 g/mol. The van der Waals surface area contributed by atoms with Crippen molar-refractivity contribution in [2.75, 3.05) is 13.1 Å². The van der Waals surface area contributed by atoms with Crippen molar-refractivity contribution in [3.8, 4) is 5.75 Å². The third-order valence-corrected chi connectivity index (χ3v) is 4.80. The molecule has 1 saturated carbocycles. The number of aromatic nitrogens is 2. The van der Waals surface area contributed by atoms with Gasteiger partial charge in [-0.05, 0) is 57.5 Å². The molecule has 1 aliphatic heterocycles. The fourth-order valence-corrected chi connectivity index (χ4v) is 3.45. The van der Waals surface area contributed by atoms with Gasteiger partial charge in [0, 0.05) is 6.54 Å². The molecule has 1 aromatic rings. The molecule has 0 spiro atoms. The van der Waals surface area contributed by atoms with E-state index in [4.69, 9.17) is 16.3 Å². The maximum absolute atomic E-state index is 6.42. The van der Waals surface area contributed by atoms with Gasteiger partial charge in [0.25, 0.3) is 0 Å². The maximum Gasteiger partial charge on any atom is 0.176 e. The number of halogens is 1. The van der Waals surface area contributed by atoms with Gasteiger partial charge in [-0.2, -0.15) is 5.10 Å². The largest absolute Gasteiger partial charge is 0.486 e. The lowest BCUT2D eigenvalue weighted by Gasteiger charge is -2.23. The van der Waals surface area contributed by atoms with Crippen molar-refractivity contribution < 1.29 is 4.74 Å². The van der Waals surface area contributed by atoms with E-state index >= 15 is 0 Å². The Hall–Kier alpha value is -0.740. The summed E-state index contributed by atoms with van der Waals surface area (Å²) in [5.74, 6) is 1.39. The number of nitrogens with one attached hydrogen (secondary N) is 1. The van der Waals surface area contributed by atoms with E-state index in [1.54, 1.807) is 6.20 Å². The topological polar surface area (TPSA) is 39.1 Å². The molecular formula is C15H24ClN3O. The smallest absolute Gasteiger partial charge is 0.176 e. The van der Waals surface area contributed by atoms with Crippen LogP contribution in [0.25, 0.3) is 0 Å². The molecule has 20 heavy (non-hydrogen) atoms. The number of hydrogen-bond acceptors (Lipinski definition) is 3. The molecule has 4 nitrogen and oxygen atoms in total. The predicted octanol–water partition coefficient (Wildman–Crippen LogP) is 3.25. The van der Waals surface area contributed by atoms with Crippen LogP contribution in [-0.4, -0.2) is 29.0 Å². The summed E-state index contributed by atoms with van der Waals surface area (Å²) in [5.41, 5.74) is 0. The SMILES string of the molecule is Clc1c(OC2CCCCC2)cnn1CC1CCCNC1. The second-order valence-electron chi connectivity index (χ2n) is 6.07. The van der Waals surface area contributed by atoms with Crippen LogP contribution in [0, 0.1) is 5.92 Å². The number of ether oxygens (including phenoxy) is 1. The van der Waals surface area contributed by atoms with Crippen LogP contribution >= 0.6 is 11.6 Å². The molecule has 1 saturated heterocycles. The highest BCUT2D eigenvalue weighted by Crippen LogP contribution is 2.29. The summed E-state index contributed by atoms with van der Waals surface area (Å²) in [6, 6.07) is 0. The molecule has 0 aromatic carbocycles. The van der Waals surface area contributed by atoms with Crippen LogP contribution in [0.5, 0.6) is 5.75 Å². The molecule has 0 bridgehead atoms. The van der Waals surface area contributed by atoms with Gasteiger partial charge < -0.3 is 10.1 Å². The fraction of sp³-hybridized carbons (Fsp3) is 0.800. The Kier molecular flexibility index (Phi) is 4.84. The molecule has 5 heteroatoms. The molecule has 1 atom stereocenters. The zero-order valence-corrected chi connectivity index (χ0v) is 12.7. The first-order valence-corrected chi connectivity index (χ1v) is 8.29. The lowest BCUT2D eigenvalue weighted by Crippen LogP contribution is -2.32. The van der Waals surface area contributed by atoms with Crippen molar-refractivity contribution in [3.05, 3.63) is 11.3 Å². The van der Waals surface area contributed by atoms with Gasteiger partial charge in [-0.1, -0.05) is 18.0 Å². The van der Waals surface area contributed by atoms with Crippen molar-refractivity contribution in [1.29, 1.82) is 0 Å². The Balaban J connectivity index is 1.59. The number of hydrogen-bond donors (Lipinski definition) is 1. The molecule has 2 fully saturated rings. The summed E-state index contributed by atoms with van der Waals surface area (Å²) in [6.07, 6.45) is 10.8. The molecule has 1 N–H and O–H groups in total. The first kappa shape index (κ1) is 14.2. The quantitative estimate of drug-likeness (QED) is 0.927. The maximum atomic E-state index is 6.42. The van der Waals surface area contributed by atoms with Crippen molar-refractivity contribution in [2.45, 2.75) is 57.6 Å². The molecule has 0 amide bonds. The van der Waals surface area contributed by atoms with E-state index in [2.05, 4.69) is 10.4 Å². The van der Waals surface area contributed by atoms with Crippen LogP contribution in [0.15, 0.2) is 6.20 Å². The van der Waals surface area contributed by atoms with E-state index in [0.29, 0.717) is 17.2 Å². The summed E-state index contributed by atoms with van der Waals surface area (Å²) in [4.78, 5) is 0. The van der Waals surface area contributed by atoms with Crippen molar-refractivity contribution in [2.24, 2.45) is 5.92 Å². The van der Waals surface area contributed by atoms with Crippen LogP contribution < -0.4 is 10.1 Å². The minimum Gasteiger partial charge on any atom is -0.486 e. The zero-order chi connectivity index (χ0) is 13.8. The van der Waals surface area contributed by atoms with Crippen LogP contribution in [0.2, 0.25) is 5.15 Å². The lowest BCUT2D eigenvalue weighted by atomic mass is 9.98. The summed E-state index contributed by atoms with van der Waals surface area (Å²) in [5, 5.41) is 8.51. The first-order chi connectivity index (χ1) is 9.83. The van der Waals surface area contributed by atoms with E-state index < -0.39 is 0 Å². The normalized spacial score (nSPS) is 24.8. The van der Waals surface area contributed by atoms with Gasteiger partial charge in [0.15, 0.2) is 10.9 Å². The van der Waals surface area contributed by atoms with Crippen molar-refractivity contribution >= 4 is 11.6 Å². The van der Waals surface area contributed by atoms with E-state index in [-0.39, 0.29) is 0 Å². The highest BCUT2D eigenvalue weighted by atomic mass is 35.5. The zero-order valence-electron chi connectivity index (χ0n) is 12.0. The standard InChI is InChI=1S/C15H24ClN3O/c16-15-14(20-13-6-2-1-3-7-13)10-18-19(15)11-12-5-4-8-17-9-12/h10,12-13,17H,1-9,11H2. The highest BCUT2D eigenvalue weighted by molar-refractivity contribution is 6.31. The fourth-order valence-electron chi connectivity index (χ4n) is 3.25. The molecular weight excluding hydrogens is 274 g/mol. The molecule has 2 heterocycles. The van der Waals surface area contributed by atoms with Crippen molar-refractivity contribution in [1.82, 2.24) is 15.1 Å². The summed E-state index contributed by atoms with van der Waals surface area (Å²) >= 11 is 6.42. The lowest BCUT2D eigenvalue weighted by molar-refractivity contribution is 0.155. The van der Waals surface area contributed by atoms with Gasteiger partial charge in [-0.3, -0.25) is 4.68 Å². The predicted molar refractivity (Wildman–Crippen MR) is 80.3 cm³/mol. The molecule has 112 valence electrons. The van der Waals surface area contributed by atoms with E-state index in [0.717, 1.165) is 38.2 Å². The van der Waals surface area contributed by atoms with Gasteiger partial charge in [0.2, 0.25) is 0 Å². The summed E-state index contributed by atoms with van der Waals surface area (Å²) in [6.45, 7) is 3.09. The molecule has 0 radical (unpaired) electrons. The second-order valence-corrected chi connectivity index (χ2v) is 6.43. The number of rotatable bonds is 4. The van der Waals surface area contributed by atoms with Crippen LogP contribution in [-0.2, 0) is 6.54 Å². The molecule has 3 rings (SSSR count). The second kappa shape index (κ2) is 6.81. The number of piperidine rings is 1. The van der Waals surface area contributed by atoms with E-state index in [1.165, 1.54) is 32.1 Å². The molecule has 1 aromatic heterocycles. The van der Waals surface area contributed by atoms with Crippen LogP contribution in [0.3, 0.4) is 0 Å². The third-order valence-electron chi connectivity index (χ3n) is 4.42. The Morgan fingerprint density at radius 1 is 1.25 bits per heavy atom. The van der Waals surface area contributed by atoms with Gasteiger partial charge in [-0.25, -0.2) is 0 Å². The van der Waals surface area contributed by atoms with Crippen LogP contribution in [0.1, 0.15) is 44.9 Å². The molecule has 1 unspecified atom stereocenters. The minimum absolute atomic E-state index is 0.329. The minimum atomic E-state index is 0.329. The number of nitrogens with zero attached hydrogens (tertiary/aromatic N) is 2. The first-order valence-electron chi connectivity index (χ1n) is 7.91. The third kappa shape index (κ3) is 3.47. The highest BCUT2D eigenvalue weighted by Gasteiger charge is 2.20. The Bertz CT molecular complexity index is 385. The Morgan fingerprint density at radius 2 is 2.10 bits per heavy atom. The van der Waals surface area contributed by atoms with E-state index in [1.807, 2.05) is 4.68 Å². The van der Waals surface area contributed by atoms with Gasteiger partial charge in [-0.15, -0.1) is 0 Å². The summed E-state index contributed by atoms with van der Waals surface area (Å²) in [7, 11) is 0. The Morgan fingerprint density at radius 3 is 2.85 bits per heavy atom. The van der Waals surface area contributed by atoms with Gasteiger partial charge in [0.05, 0.1) is 12.3 Å². The van der Waals surface area contributed by atoms with Gasteiger partial charge >= 0.3 is 0 Å². The Labute approximate surface area is 125 Å².